The van der Waals surface area contributed by atoms with Crippen molar-refractivity contribution >= 4 is 5.91 Å². The standard InChI is InChI=1S/C17H19N3O4/c21-15(14-3-1-2-6-18-14)10-20-17(22)12-4-7-19-16(9-12)24-13-5-8-23-11-13/h1-4,6-7,9,13,15,21H,5,8,10-11H2,(H,20,22). The molecule has 2 atom stereocenters. The van der Waals surface area contributed by atoms with E-state index in [1.54, 1.807) is 36.5 Å². The van der Waals surface area contributed by atoms with Crippen LogP contribution in [0.4, 0.5) is 0 Å². The second-order valence-corrected chi connectivity index (χ2v) is 5.47. The molecule has 2 aromatic heterocycles. The number of aliphatic hydroxyl groups excluding tert-OH is 1. The zero-order valence-corrected chi connectivity index (χ0v) is 13.1. The first-order valence-electron chi connectivity index (χ1n) is 7.80. The number of aliphatic hydroxyl groups is 1. The number of hydrogen-bond acceptors (Lipinski definition) is 6. The van der Waals surface area contributed by atoms with Gasteiger partial charge in [0, 0.05) is 37.0 Å². The lowest BCUT2D eigenvalue weighted by Crippen LogP contribution is -2.28. The van der Waals surface area contributed by atoms with E-state index in [4.69, 9.17) is 9.47 Å². The van der Waals surface area contributed by atoms with Crippen LogP contribution in [0.2, 0.25) is 0 Å². The van der Waals surface area contributed by atoms with Crippen molar-refractivity contribution < 1.29 is 19.4 Å². The van der Waals surface area contributed by atoms with E-state index < -0.39 is 6.10 Å². The van der Waals surface area contributed by atoms with Crippen molar-refractivity contribution in [3.63, 3.8) is 0 Å². The highest BCUT2D eigenvalue weighted by Crippen LogP contribution is 2.16. The summed E-state index contributed by atoms with van der Waals surface area (Å²) in [4.78, 5) is 20.4. The molecular weight excluding hydrogens is 310 g/mol. The molecule has 126 valence electrons. The van der Waals surface area contributed by atoms with Crippen LogP contribution < -0.4 is 10.1 Å². The third-order valence-corrected chi connectivity index (χ3v) is 3.66. The molecule has 24 heavy (non-hydrogen) atoms. The summed E-state index contributed by atoms with van der Waals surface area (Å²) in [6, 6.07) is 8.44. The fraction of sp³-hybridized carbons (Fsp3) is 0.353. The van der Waals surface area contributed by atoms with Gasteiger partial charge in [0.2, 0.25) is 5.88 Å². The summed E-state index contributed by atoms with van der Waals surface area (Å²) in [6.45, 7) is 1.29. The smallest absolute Gasteiger partial charge is 0.251 e. The SMILES string of the molecule is O=C(NCC(O)c1ccccn1)c1ccnc(OC2CCOC2)c1. The Morgan fingerprint density at radius 2 is 2.29 bits per heavy atom. The van der Waals surface area contributed by atoms with Crippen molar-refractivity contribution in [3.05, 3.63) is 54.0 Å². The van der Waals surface area contributed by atoms with E-state index >= 15 is 0 Å². The molecule has 2 aromatic rings. The zero-order chi connectivity index (χ0) is 16.8. The number of nitrogens with one attached hydrogen (secondary N) is 1. The first kappa shape index (κ1) is 16.4. The summed E-state index contributed by atoms with van der Waals surface area (Å²) in [7, 11) is 0. The molecule has 3 rings (SSSR count). The Labute approximate surface area is 139 Å². The second kappa shape index (κ2) is 7.85. The van der Waals surface area contributed by atoms with Gasteiger partial charge in [-0.25, -0.2) is 4.98 Å². The topological polar surface area (TPSA) is 93.6 Å². The molecule has 1 saturated heterocycles. The van der Waals surface area contributed by atoms with E-state index in [1.807, 2.05) is 0 Å². The van der Waals surface area contributed by atoms with Crippen LogP contribution in [0.3, 0.4) is 0 Å². The molecule has 0 aromatic carbocycles. The summed E-state index contributed by atoms with van der Waals surface area (Å²) in [6.07, 6.45) is 3.05. The van der Waals surface area contributed by atoms with Gasteiger partial charge >= 0.3 is 0 Å². The average molecular weight is 329 g/mol. The quantitative estimate of drug-likeness (QED) is 0.824. The van der Waals surface area contributed by atoms with Crippen molar-refractivity contribution in [2.75, 3.05) is 19.8 Å². The Kier molecular flexibility index (Phi) is 5.35. The minimum atomic E-state index is -0.858. The van der Waals surface area contributed by atoms with Gasteiger partial charge in [-0.3, -0.25) is 9.78 Å². The Morgan fingerprint density at radius 1 is 1.38 bits per heavy atom. The molecule has 2 unspecified atom stereocenters. The van der Waals surface area contributed by atoms with Gasteiger partial charge in [-0.2, -0.15) is 0 Å². The van der Waals surface area contributed by atoms with Crippen molar-refractivity contribution in [1.29, 1.82) is 0 Å². The monoisotopic (exact) mass is 329 g/mol. The highest BCUT2D eigenvalue weighted by Gasteiger charge is 2.18. The summed E-state index contributed by atoms with van der Waals surface area (Å²) < 4.78 is 10.9. The van der Waals surface area contributed by atoms with E-state index in [0.29, 0.717) is 30.4 Å². The number of amides is 1. The number of carbonyl (C=O) groups excluding carboxylic acids is 1. The number of ether oxygens (including phenoxy) is 2. The maximum absolute atomic E-state index is 12.2. The van der Waals surface area contributed by atoms with Crippen molar-refractivity contribution in [2.24, 2.45) is 0 Å². The van der Waals surface area contributed by atoms with Crippen LogP contribution in [0, 0.1) is 0 Å². The molecule has 2 N–H and O–H groups in total. The molecule has 0 bridgehead atoms. The third kappa shape index (κ3) is 4.27. The zero-order valence-electron chi connectivity index (χ0n) is 13.1. The second-order valence-electron chi connectivity index (χ2n) is 5.47. The van der Waals surface area contributed by atoms with Crippen molar-refractivity contribution in [1.82, 2.24) is 15.3 Å². The number of pyridine rings is 2. The van der Waals surface area contributed by atoms with Gasteiger partial charge in [0.05, 0.1) is 18.9 Å². The van der Waals surface area contributed by atoms with E-state index in [1.165, 1.54) is 6.20 Å². The van der Waals surface area contributed by atoms with E-state index in [9.17, 15) is 9.90 Å². The Morgan fingerprint density at radius 3 is 3.04 bits per heavy atom. The van der Waals surface area contributed by atoms with Crippen LogP contribution in [0.15, 0.2) is 42.7 Å². The molecule has 0 aliphatic carbocycles. The van der Waals surface area contributed by atoms with E-state index in [2.05, 4.69) is 15.3 Å². The Balaban J connectivity index is 1.56. The summed E-state index contributed by atoms with van der Waals surface area (Å²) in [5.41, 5.74) is 0.935. The predicted molar refractivity (Wildman–Crippen MR) is 85.6 cm³/mol. The lowest BCUT2D eigenvalue weighted by atomic mass is 10.2. The van der Waals surface area contributed by atoms with Gasteiger partial charge in [0.25, 0.3) is 5.91 Å². The number of carbonyl (C=O) groups is 1. The summed E-state index contributed by atoms with van der Waals surface area (Å²) >= 11 is 0. The van der Waals surface area contributed by atoms with Crippen LogP contribution in [0.5, 0.6) is 5.88 Å². The van der Waals surface area contributed by atoms with Gasteiger partial charge in [-0.1, -0.05) is 6.07 Å². The van der Waals surface area contributed by atoms with Crippen LogP contribution in [0.1, 0.15) is 28.6 Å². The molecule has 1 aliphatic rings. The Bertz CT molecular complexity index is 675. The van der Waals surface area contributed by atoms with E-state index in [-0.39, 0.29) is 18.6 Å². The van der Waals surface area contributed by atoms with Gasteiger partial charge in [0.15, 0.2) is 0 Å². The van der Waals surface area contributed by atoms with Gasteiger partial charge in [-0.15, -0.1) is 0 Å². The fourth-order valence-electron chi connectivity index (χ4n) is 2.36. The number of nitrogens with zero attached hydrogens (tertiary/aromatic N) is 2. The largest absolute Gasteiger partial charge is 0.472 e. The Hall–Kier alpha value is -2.51. The fourth-order valence-corrected chi connectivity index (χ4v) is 2.36. The van der Waals surface area contributed by atoms with Crippen LogP contribution >= 0.6 is 0 Å². The summed E-state index contributed by atoms with van der Waals surface area (Å²) in [5.74, 6) is 0.0864. The normalized spacial score (nSPS) is 18.1. The van der Waals surface area contributed by atoms with Gasteiger partial charge in [-0.05, 0) is 18.2 Å². The number of aromatic nitrogens is 2. The minimum absolute atomic E-state index is 0.0261. The molecule has 1 aliphatic heterocycles. The summed E-state index contributed by atoms with van der Waals surface area (Å²) in [5, 5.41) is 12.7. The molecule has 1 fully saturated rings. The maximum atomic E-state index is 12.2. The molecule has 0 saturated carbocycles. The molecule has 1 amide bonds. The van der Waals surface area contributed by atoms with Gasteiger partial charge < -0.3 is 19.9 Å². The van der Waals surface area contributed by atoms with Crippen LogP contribution in [-0.4, -0.2) is 46.8 Å². The molecular formula is C17H19N3O4. The van der Waals surface area contributed by atoms with Crippen LogP contribution in [0.25, 0.3) is 0 Å². The number of rotatable bonds is 6. The predicted octanol–water partition coefficient (Wildman–Crippen LogP) is 1.11. The number of hydrogen-bond donors (Lipinski definition) is 2. The first-order valence-corrected chi connectivity index (χ1v) is 7.80. The highest BCUT2D eigenvalue weighted by molar-refractivity contribution is 5.94. The van der Waals surface area contributed by atoms with E-state index in [0.717, 1.165) is 6.42 Å². The lowest BCUT2D eigenvalue weighted by Gasteiger charge is -2.13. The molecule has 7 nitrogen and oxygen atoms in total. The first-order chi connectivity index (χ1) is 11.7. The molecule has 7 heteroatoms. The molecule has 0 spiro atoms. The van der Waals surface area contributed by atoms with Crippen LogP contribution in [-0.2, 0) is 4.74 Å². The maximum Gasteiger partial charge on any atom is 0.251 e. The highest BCUT2D eigenvalue weighted by atomic mass is 16.5. The van der Waals surface area contributed by atoms with Crippen molar-refractivity contribution in [3.8, 4) is 5.88 Å². The third-order valence-electron chi connectivity index (χ3n) is 3.66. The average Bonchev–Trinajstić information content (AvgIpc) is 3.13. The van der Waals surface area contributed by atoms with Crippen molar-refractivity contribution in [2.45, 2.75) is 18.6 Å². The van der Waals surface area contributed by atoms with Gasteiger partial charge in [0.1, 0.15) is 12.2 Å². The molecule has 0 radical (unpaired) electrons. The lowest BCUT2D eigenvalue weighted by molar-refractivity contribution is 0.0912. The minimum Gasteiger partial charge on any atom is -0.472 e. The molecule has 3 heterocycles.